The van der Waals surface area contributed by atoms with Crippen LogP contribution in [0.5, 0.6) is 0 Å². The maximum atomic E-state index is 11.0. The molecule has 0 aromatic rings. The zero-order valence-electron chi connectivity index (χ0n) is 6.09. The molecular weight excluding hydrogens is 148 g/mol. The van der Waals surface area contributed by atoms with E-state index in [0.29, 0.717) is 5.75 Å². The minimum Gasteiger partial charge on any atom is -0.298 e. The van der Waals surface area contributed by atoms with Crippen LogP contribution < -0.4 is 0 Å². The monoisotopic (exact) mass is 158 g/mol. The molecule has 0 aromatic carbocycles. The van der Waals surface area contributed by atoms with E-state index in [1.807, 2.05) is 13.8 Å². The summed E-state index contributed by atoms with van der Waals surface area (Å²) < 4.78 is 0. The first-order chi connectivity index (χ1) is 4.63. The number of hydrogen-bond donors (Lipinski definition) is 0. The summed E-state index contributed by atoms with van der Waals surface area (Å²) in [5, 5.41) is 0.0556. The highest BCUT2D eigenvalue weighted by molar-refractivity contribution is 8.15. The van der Waals surface area contributed by atoms with Crippen LogP contribution >= 0.6 is 11.8 Å². The molecular formula is C7H10O2S. The van der Waals surface area contributed by atoms with Gasteiger partial charge in [-0.05, 0) is 5.92 Å². The van der Waals surface area contributed by atoms with E-state index in [9.17, 15) is 9.59 Å². The Morgan fingerprint density at radius 1 is 1.50 bits per heavy atom. The molecule has 0 saturated carbocycles. The quantitative estimate of drug-likeness (QED) is 0.536. The molecule has 10 heavy (non-hydrogen) atoms. The van der Waals surface area contributed by atoms with E-state index in [-0.39, 0.29) is 22.7 Å². The standard InChI is InChI=1S/C7H10O2S/c1-4(2)6-5(8)3-10-7(6)9/h4,6H,3H2,1-2H3. The van der Waals surface area contributed by atoms with Gasteiger partial charge in [-0.1, -0.05) is 25.6 Å². The summed E-state index contributed by atoms with van der Waals surface area (Å²) in [4.78, 5) is 22.0. The fourth-order valence-corrected chi connectivity index (χ4v) is 2.14. The molecule has 2 nitrogen and oxygen atoms in total. The third-order valence-electron chi connectivity index (χ3n) is 1.62. The lowest BCUT2D eigenvalue weighted by molar-refractivity contribution is -0.126. The maximum absolute atomic E-state index is 11.0. The molecule has 3 heteroatoms. The predicted octanol–water partition coefficient (Wildman–Crippen LogP) is 1.10. The lowest BCUT2D eigenvalue weighted by Gasteiger charge is -2.07. The molecule has 1 aliphatic heterocycles. The third-order valence-corrected chi connectivity index (χ3v) is 2.59. The Labute approximate surface area is 64.4 Å². The van der Waals surface area contributed by atoms with Crippen molar-refractivity contribution in [2.45, 2.75) is 13.8 Å². The van der Waals surface area contributed by atoms with Crippen LogP contribution in [0.3, 0.4) is 0 Å². The van der Waals surface area contributed by atoms with Gasteiger partial charge in [0.1, 0.15) is 0 Å². The highest BCUT2D eigenvalue weighted by Crippen LogP contribution is 2.27. The number of carbonyl (C=O) groups is 2. The molecule has 0 aliphatic carbocycles. The molecule has 1 aliphatic rings. The molecule has 56 valence electrons. The Balaban J connectivity index is 2.72. The summed E-state index contributed by atoms with van der Waals surface area (Å²) in [6.07, 6.45) is 0. The predicted molar refractivity (Wildman–Crippen MR) is 40.8 cm³/mol. The highest BCUT2D eigenvalue weighted by atomic mass is 32.2. The van der Waals surface area contributed by atoms with E-state index in [0.717, 1.165) is 11.8 Å². The van der Waals surface area contributed by atoms with Crippen molar-refractivity contribution in [3.8, 4) is 0 Å². The fraction of sp³-hybridized carbons (Fsp3) is 0.714. The van der Waals surface area contributed by atoms with Gasteiger partial charge in [-0.15, -0.1) is 0 Å². The Morgan fingerprint density at radius 3 is 2.30 bits per heavy atom. The average molecular weight is 158 g/mol. The SMILES string of the molecule is CC(C)C1C(=O)CSC1=O. The van der Waals surface area contributed by atoms with Crippen molar-refractivity contribution < 1.29 is 9.59 Å². The number of hydrogen-bond acceptors (Lipinski definition) is 3. The second-order valence-corrected chi connectivity index (χ2v) is 3.78. The first-order valence-corrected chi connectivity index (χ1v) is 4.31. The first kappa shape index (κ1) is 7.79. The van der Waals surface area contributed by atoms with Crippen LogP contribution in [0.1, 0.15) is 13.8 Å². The van der Waals surface area contributed by atoms with E-state index >= 15 is 0 Å². The van der Waals surface area contributed by atoms with Crippen LogP contribution in [0.2, 0.25) is 0 Å². The van der Waals surface area contributed by atoms with E-state index < -0.39 is 0 Å². The van der Waals surface area contributed by atoms with Crippen molar-refractivity contribution in [3.05, 3.63) is 0 Å². The van der Waals surface area contributed by atoms with Crippen LogP contribution in [-0.2, 0) is 9.59 Å². The summed E-state index contributed by atoms with van der Waals surface area (Å²) in [6.45, 7) is 3.82. The molecule has 1 rings (SSSR count). The zero-order valence-corrected chi connectivity index (χ0v) is 6.90. The first-order valence-electron chi connectivity index (χ1n) is 3.32. The maximum Gasteiger partial charge on any atom is 0.200 e. The van der Waals surface area contributed by atoms with Gasteiger partial charge < -0.3 is 0 Å². The van der Waals surface area contributed by atoms with E-state index in [1.54, 1.807) is 0 Å². The Hall–Kier alpha value is -0.310. The molecule has 1 atom stereocenters. The second-order valence-electron chi connectivity index (χ2n) is 2.80. The van der Waals surface area contributed by atoms with Gasteiger partial charge in [-0.2, -0.15) is 0 Å². The Morgan fingerprint density at radius 2 is 2.10 bits per heavy atom. The van der Waals surface area contributed by atoms with Crippen molar-refractivity contribution in [1.29, 1.82) is 0 Å². The van der Waals surface area contributed by atoms with Gasteiger partial charge in [0.05, 0.1) is 11.7 Å². The van der Waals surface area contributed by atoms with Gasteiger partial charge in [0, 0.05) is 0 Å². The van der Waals surface area contributed by atoms with Gasteiger partial charge in [0.2, 0.25) is 0 Å². The summed E-state index contributed by atoms with van der Waals surface area (Å²) in [5.74, 6) is 0.354. The average Bonchev–Trinajstić information content (AvgIpc) is 2.11. The lowest BCUT2D eigenvalue weighted by atomic mass is 9.94. The van der Waals surface area contributed by atoms with E-state index in [1.165, 1.54) is 0 Å². The Kier molecular flexibility index (Phi) is 2.14. The second kappa shape index (κ2) is 2.74. The number of rotatable bonds is 1. The van der Waals surface area contributed by atoms with Gasteiger partial charge >= 0.3 is 0 Å². The topological polar surface area (TPSA) is 34.1 Å². The summed E-state index contributed by atoms with van der Waals surface area (Å²) >= 11 is 1.15. The third kappa shape index (κ3) is 1.24. The summed E-state index contributed by atoms with van der Waals surface area (Å²) in [7, 11) is 0. The molecule has 0 amide bonds. The van der Waals surface area contributed by atoms with Gasteiger partial charge in [0.15, 0.2) is 10.9 Å². The van der Waals surface area contributed by atoms with E-state index in [4.69, 9.17) is 0 Å². The molecule has 1 fully saturated rings. The van der Waals surface area contributed by atoms with Crippen molar-refractivity contribution in [3.63, 3.8) is 0 Å². The molecule has 1 heterocycles. The van der Waals surface area contributed by atoms with Crippen molar-refractivity contribution >= 4 is 22.7 Å². The van der Waals surface area contributed by atoms with Gasteiger partial charge in [0.25, 0.3) is 0 Å². The molecule has 1 unspecified atom stereocenters. The molecule has 0 spiro atoms. The van der Waals surface area contributed by atoms with Crippen molar-refractivity contribution in [2.24, 2.45) is 11.8 Å². The summed E-state index contributed by atoms with van der Waals surface area (Å²) in [5.41, 5.74) is 0. The fourth-order valence-electron chi connectivity index (χ4n) is 1.10. The number of thioether (sulfide) groups is 1. The minimum absolute atomic E-state index is 0.0556. The van der Waals surface area contributed by atoms with Crippen LogP contribution in [-0.4, -0.2) is 16.7 Å². The smallest absolute Gasteiger partial charge is 0.200 e. The van der Waals surface area contributed by atoms with Gasteiger partial charge in [-0.3, -0.25) is 9.59 Å². The number of carbonyl (C=O) groups excluding carboxylic acids is 2. The van der Waals surface area contributed by atoms with Crippen LogP contribution in [0.15, 0.2) is 0 Å². The normalized spacial score (nSPS) is 26.5. The molecule has 0 N–H and O–H groups in total. The molecule has 0 radical (unpaired) electrons. The molecule has 1 saturated heterocycles. The lowest BCUT2D eigenvalue weighted by Crippen LogP contribution is -2.20. The van der Waals surface area contributed by atoms with Gasteiger partial charge in [-0.25, -0.2) is 0 Å². The summed E-state index contributed by atoms with van der Waals surface area (Å²) in [6, 6.07) is 0. The van der Waals surface area contributed by atoms with Crippen LogP contribution in [0.25, 0.3) is 0 Å². The number of Topliss-reactive ketones (excluding diaryl/α,β-unsaturated/α-hetero) is 1. The Bertz CT molecular complexity index is 158. The largest absolute Gasteiger partial charge is 0.298 e. The molecule has 0 aromatic heterocycles. The van der Waals surface area contributed by atoms with Crippen molar-refractivity contribution in [2.75, 3.05) is 5.75 Å². The van der Waals surface area contributed by atoms with Crippen molar-refractivity contribution in [1.82, 2.24) is 0 Å². The zero-order chi connectivity index (χ0) is 7.72. The van der Waals surface area contributed by atoms with E-state index in [2.05, 4.69) is 0 Å². The highest BCUT2D eigenvalue weighted by Gasteiger charge is 2.35. The molecule has 0 bridgehead atoms. The number of ketones is 1. The minimum atomic E-state index is -0.315. The van der Waals surface area contributed by atoms with Crippen LogP contribution in [0.4, 0.5) is 0 Å². The van der Waals surface area contributed by atoms with Crippen LogP contribution in [0, 0.1) is 11.8 Å².